The topological polar surface area (TPSA) is 43.8 Å². The summed E-state index contributed by atoms with van der Waals surface area (Å²) in [5.74, 6) is 0.671. The third kappa shape index (κ3) is 2.43. The second-order valence-corrected chi connectivity index (χ2v) is 5.06. The molecule has 94 valence electrons. The number of aromatic nitrogens is 2. The van der Waals surface area contributed by atoms with Crippen molar-refractivity contribution in [2.24, 2.45) is 5.73 Å². The van der Waals surface area contributed by atoms with Crippen LogP contribution >= 0.6 is 12.2 Å². The fourth-order valence-corrected chi connectivity index (χ4v) is 2.46. The van der Waals surface area contributed by atoms with E-state index in [1.54, 1.807) is 6.20 Å². The number of rotatable bonds is 3. The van der Waals surface area contributed by atoms with Crippen LogP contribution < -0.4 is 5.73 Å². The Kier molecular flexibility index (Phi) is 3.48. The van der Waals surface area contributed by atoms with Crippen LogP contribution in [0.4, 0.5) is 0 Å². The first-order valence-electron chi connectivity index (χ1n) is 5.86. The van der Waals surface area contributed by atoms with Gasteiger partial charge in [0.15, 0.2) is 5.82 Å². The molecule has 1 heterocycles. The standard InChI is InChI=1S/C14H17N3S/c1-9-6-10(2)12(11(3)7-9)8-17-5-4-16-14(17)13(15)18/h4-7H,8H2,1-3H3,(H2,15,18). The quantitative estimate of drug-likeness (QED) is 0.861. The average Bonchev–Trinajstić information content (AvgIpc) is 2.71. The molecule has 0 atom stereocenters. The fourth-order valence-electron chi connectivity index (χ4n) is 2.29. The highest BCUT2D eigenvalue weighted by Gasteiger charge is 2.09. The van der Waals surface area contributed by atoms with Crippen molar-refractivity contribution in [3.8, 4) is 0 Å². The molecule has 0 aliphatic heterocycles. The van der Waals surface area contributed by atoms with Gasteiger partial charge in [0.25, 0.3) is 0 Å². The van der Waals surface area contributed by atoms with Gasteiger partial charge in [0.1, 0.15) is 4.99 Å². The summed E-state index contributed by atoms with van der Waals surface area (Å²) in [5.41, 5.74) is 10.8. The highest BCUT2D eigenvalue weighted by Crippen LogP contribution is 2.18. The molecule has 0 saturated carbocycles. The molecule has 0 spiro atoms. The van der Waals surface area contributed by atoms with Crippen LogP contribution in [0.5, 0.6) is 0 Å². The summed E-state index contributed by atoms with van der Waals surface area (Å²) >= 11 is 5.00. The van der Waals surface area contributed by atoms with Crippen LogP contribution in [0.3, 0.4) is 0 Å². The van der Waals surface area contributed by atoms with E-state index in [0.29, 0.717) is 10.8 Å². The predicted octanol–water partition coefficient (Wildman–Crippen LogP) is 2.49. The monoisotopic (exact) mass is 259 g/mol. The number of hydrogen-bond donors (Lipinski definition) is 1. The van der Waals surface area contributed by atoms with E-state index in [-0.39, 0.29) is 0 Å². The van der Waals surface area contributed by atoms with E-state index in [9.17, 15) is 0 Å². The van der Waals surface area contributed by atoms with Gasteiger partial charge in [-0.25, -0.2) is 4.98 Å². The molecule has 0 amide bonds. The van der Waals surface area contributed by atoms with E-state index >= 15 is 0 Å². The van der Waals surface area contributed by atoms with E-state index in [1.165, 1.54) is 22.3 Å². The zero-order valence-electron chi connectivity index (χ0n) is 10.9. The van der Waals surface area contributed by atoms with Crippen molar-refractivity contribution in [3.63, 3.8) is 0 Å². The van der Waals surface area contributed by atoms with E-state index in [0.717, 1.165) is 6.54 Å². The molecule has 2 aromatic rings. The van der Waals surface area contributed by atoms with Crippen LogP contribution in [0.1, 0.15) is 28.1 Å². The first kappa shape index (κ1) is 12.8. The van der Waals surface area contributed by atoms with Crippen LogP contribution in [0.2, 0.25) is 0 Å². The van der Waals surface area contributed by atoms with E-state index in [2.05, 4.69) is 37.9 Å². The molecule has 1 aromatic heterocycles. The van der Waals surface area contributed by atoms with Gasteiger partial charge in [-0.2, -0.15) is 0 Å². The molecule has 0 bridgehead atoms. The Hall–Kier alpha value is -1.68. The maximum absolute atomic E-state index is 5.66. The molecule has 0 radical (unpaired) electrons. The first-order chi connectivity index (χ1) is 8.49. The number of hydrogen-bond acceptors (Lipinski definition) is 2. The summed E-state index contributed by atoms with van der Waals surface area (Å²) in [6.45, 7) is 7.13. The van der Waals surface area contributed by atoms with Gasteiger partial charge in [-0.15, -0.1) is 0 Å². The SMILES string of the molecule is Cc1cc(C)c(Cn2ccnc2C(N)=S)c(C)c1. The number of nitrogens with zero attached hydrogens (tertiary/aromatic N) is 2. The molecule has 3 nitrogen and oxygen atoms in total. The molecular formula is C14H17N3S. The van der Waals surface area contributed by atoms with Crippen LogP contribution in [0, 0.1) is 20.8 Å². The molecule has 1 aromatic carbocycles. The maximum Gasteiger partial charge on any atom is 0.167 e. The van der Waals surface area contributed by atoms with Gasteiger partial charge in [-0.1, -0.05) is 29.9 Å². The van der Waals surface area contributed by atoms with Crippen LogP contribution in [0.15, 0.2) is 24.5 Å². The summed E-state index contributed by atoms with van der Waals surface area (Å²) in [6.07, 6.45) is 3.64. The van der Waals surface area contributed by atoms with E-state index < -0.39 is 0 Å². The van der Waals surface area contributed by atoms with Gasteiger partial charge in [-0.3, -0.25) is 0 Å². The molecule has 0 fully saturated rings. The summed E-state index contributed by atoms with van der Waals surface area (Å²) < 4.78 is 1.99. The molecule has 0 saturated heterocycles. The summed E-state index contributed by atoms with van der Waals surface area (Å²) in [4.78, 5) is 4.52. The van der Waals surface area contributed by atoms with Crippen LogP contribution in [-0.2, 0) is 6.54 Å². The largest absolute Gasteiger partial charge is 0.387 e. The van der Waals surface area contributed by atoms with Crippen molar-refractivity contribution in [2.75, 3.05) is 0 Å². The number of imidazole rings is 1. The smallest absolute Gasteiger partial charge is 0.167 e. The molecule has 2 rings (SSSR count). The summed E-state index contributed by atoms with van der Waals surface area (Å²) in [5, 5.41) is 0. The molecule has 18 heavy (non-hydrogen) atoms. The van der Waals surface area contributed by atoms with Crippen molar-refractivity contribution >= 4 is 17.2 Å². The zero-order valence-corrected chi connectivity index (χ0v) is 11.7. The third-order valence-electron chi connectivity index (χ3n) is 3.10. The average molecular weight is 259 g/mol. The Labute approximate surface area is 113 Å². The van der Waals surface area contributed by atoms with Crippen molar-refractivity contribution in [1.29, 1.82) is 0 Å². The second-order valence-electron chi connectivity index (χ2n) is 4.62. The Morgan fingerprint density at radius 2 is 1.89 bits per heavy atom. The van der Waals surface area contributed by atoms with E-state index in [4.69, 9.17) is 18.0 Å². The van der Waals surface area contributed by atoms with Gasteiger partial charge in [0.05, 0.1) is 0 Å². The second kappa shape index (κ2) is 4.90. The van der Waals surface area contributed by atoms with Crippen LogP contribution in [-0.4, -0.2) is 14.5 Å². The van der Waals surface area contributed by atoms with Gasteiger partial charge < -0.3 is 10.3 Å². The Morgan fingerprint density at radius 3 is 2.44 bits per heavy atom. The minimum atomic E-state index is 0.336. The maximum atomic E-state index is 5.66. The molecule has 2 N–H and O–H groups in total. The minimum Gasteiger partial charge on any atom is -0.387 e. The summed E-state index contributed by atoms with van der Waals surface area (Å²) in [7, 11) is 0. The Balaban J connectivity index is 2.40. The van der Waals surface area contributed by atoms with Gasteiger partial charge in [0, 0.05) is 18.9 Å². The highest BCUT2D eigenvalue weighted by molar-refractivity contribution is 7.80. The fraction of sp³-hybridized carbons (Fsp3) is 0.286. The summed E-state index contributed by atoms with van der Waals surface area (Å²) in [6, 6.07) is 4.39. The molecule has 0 unspecified atom stereocenters. The Morgan fingerprint density at radius 1 is 1.28 bits per heavy atom. The lowest BCUT2D eigenvalue weighted by molar-refractivity contribution is 0.777. The normalized spacial score (nSPS) is 10.6. The molecule has 4 heteroatoms. The van der Waals surface area contributed by atoms with Crippen molar-refractivity contribution < 1.29 is 0 Å². The minimum absolute atomic E-state index is 0.336. The predicted molar refractivity (Wildman–Crippen MR) is 77.9 cm³/mol. The molecular weight excluding hydrogens is 242 g/mol. The van der Waals surface area contributed by atoms with Crippen molar-refractivity contribution in [1.82, 2.24) is 9.55 Å². The van der Waals surface area contributed by atoms with Crippen molar-refractivity contribution in [3.05, 3.63) is 52.6 Å². The van der Waals surface area contributed by atoms with Gasteiger partial charge in [0.2, 0.25) is 0 Å². The number of thiocarbonyl (C=S) groups is 1. The number of aryl methyl sites for hydroxylation is 3. The lowest BCUT2D eigenvalue weighted by Gasteiger charge is -2.13. The van der Waals surface area contributed by atoms with Gasteiger partial charge >= 0.3 is 0 Å². The molecule has 0 aliphatic rings. The number of nitrogens with two attached hydrogens (primary N) is 1. The lowest BCUT2D eigenvalue weighted by Crippen LogP contribution is -2.17. The van der Waals surface area contributed by atoms with Crippen molar-refractivity contribution in [2.45, 2.75) is 27.3 Å². The van der Waals surface area contributed by atoms with Gasteiger partial charge in [-0.05, 0) is 37.5 Å². The first-order valence-corrected chi connectivity index (χ1v) is 6.27. The highest BCUT2D eigenvalue weighted by atomic mass is 32.1. The third-order valence-corrected chi connectivity index (χ3v) is 3.29. The molecule has 0 aliphatic carbocycles. The zero-order chi connectivity index (χ0) is 13.3. The number of benzene rings is 1. The lowest BCUT2D eigenvalue weighted by atomic mass is 10.00. The Bertz CT molecular complexity index is 576. The van der Waals surface area contributed by atoms with E-state index in [1.807, 2.05) is 10.8 Å². The van der Waals surface area contributed by atoms with Crippen LogP contribution in [0.25, 0.3) is 0 Å².